The molecule has 1 N–H and O–H groups in total. The first-order valence-electron chi connectivity index (χ1n) is 10.4. The number of nitrogens with one attached hydrogen (secondary N) is 1. The van der Waals surface area contributed by atoms with Crippen molar-refractivity contribution in [2.24, 2.45) is 7.05 Å². The Balaban J connectivity index is 2.05. The fraction of sp³-hybridized carbons (Fsp3) is 0.429. The number of methoxy groups -OCH3 is 1. The van der Waals surface area contributed by atoms with Crippen molar-refractivity contribution in [3.8, 4) is 11.4 Å². The number of para-hydroxylation sites is 2. The van der Waals surface area contributed by atoms with E-state index in [4.69, 9.17) is 14.5 Å². The van der Waals surface area contributed by atoms with Crippen molar-refractivity contribution < 1.29 is 14.3 Å². The van der Waals surface area contributed by atoms with Gasteiger partial charge in [0.05, 0.1) is 19.4 Å². The lowest BCUT2D eigenvalue weighted by molar-refractivity contribution is -0.143. The molecule has 1 saturated heterocycles. The fourth-order valence-electron chi connectivity index (χ4n) is 3.90. The van der Waals surface area contributed by atoms with E-state index in [9.17, 15) is 14.4 Å². The smallest absolute Gasteiger partial charge is 0.333 e. The Morgan fingerprint density at radius 3 is 2.59 bits per heavy atom. The van der Waals surface area contributed by atoms with Gasteiger partial charge in [-0.2, -0.15) is 4.98 Å². The molecular formula is C21H26N6O5. The lowest BCUT2D eigenvalue weighted by Gasteiger charge is -2.29. The summed E-state index contributed by atoms with van der Waals surface area (Å²) >= 11 is 0. The van der Waals surface area contributed by atoms with E-state index in [-0.39, 0.29) is 17.8 Å². The fourth-order valence-corrected chi connectivity index (χ4v) is 3.90. The summed E-state index contributed by atoms with van der Waals surface area (Å²) in [5, 5.41) is 3.30. The SMILES string of the molecule is CCOC(=O)Cn1c(=O)c2c(nc(N3CCNCC3)n2-c2ccccc2OC)n(C)c1=O. The second-order valence-electron chi connectivity index (χ2n) is 7.37. The third-order valence-corrected chi connectivity index (χ3v) is 5.44. The van der Waals surface area contributed by atoms with E-state index in [0.29, 0.717) is 30.5 Å². The van der Waals surface area contributed by atoms with E-state index in [2.05, 4.69) is 10.2 Å². The summed E-state index contributed by atoms with van der Waals surface area (Å²) in [6.07, 6.45) is 0. The minimum Gasteiger partial charge on any atom is -0.495 e. The normalized spacial score (nSPS) is 14.0. The number of aromatic nitrogens is 4. The van der Waals surface area contributed by atoms with E-state index < -0.39 is 23.8 Å². The molecule has 0 amide bonds. The number of carbonyl (C=O) groups excluding carboxylic acids is 1. The Kier molecular flexibility index (Phi) is 5.99. The number of piperazine rings is 1. The van der Waals surface area contributed by atoms with Crippen molar-refractivity contribution in [2.75, 3.05) is 44.8 Å². The molecule has 0 saturated carbocycles. The molecule has 2 aromatic heterocycles. The lowest BCUT2D eigenvalue weighted by Crippen LogP contribution is -2.44. The number of carbonyl (C=O) groups is 1. The summed E-state index contributed by atoms with van der Waals surface area (Å²) in [6, 6.07) is 7.29. The first kappa shape index (κ1) is 21.6. The maximum atomic E-state index is 13.5. The summed E-state index contributed by atoms with van der Waals surface area (Å²) < 4.78 is 14.4. The van der Waals surface area contributed by atoms with E-state index in [1.165, 1.54) is 11.6 Å². The van der Waals surface area contributed by atoms with E-state index in [0.717, 1.165) is 17.7 Å². The Labute approximate surface area is 183 Å². The van der Waals surface area contributed by atoms with Crippen LogP contribution in [0.15, 0.2) is 33.9 Å². The molecule has 32 heavy (non-hydrogen) atoms. The largest absolute Gasteiger partial charge is 0.495 e. The first-order chi connectivity index (χ1) is 15.5. The molecule has 0 unspecified atom stereocenters. The van der Waals surface area contributed by atoms with Gasteiger partial charge in [-0.25, -0.2) is 9.36 Å². The molecule has 0 aliphatic carbocycles. The zero-order valence-corrected chi connectivity index (χ0v) is 18.3. The number of rotatable bonds is 6. The number of ether oxygens (including phenoxy) is 2. The van der Waals surface area contributed by atoms with Gasteiger partial charge >= 0.3 is 11.7 Å². The van der Waals surface area contributed by atoms with Crippen molar-refractivity contribution in [2.45, 2.75) is 13.5 Å². The predicted octanol–water partition coefficient (Wildman–Crippen LogP) is -0.133. The number of benzene rings is 1. The third-order valence-electron chi connectivity index (χ3n) is 5.44. The molecule has 0 atom stereocenters. The van der Waals surface area contributed by atoms with Gasteiger partial charge in [0.25, 0.3) is 5.56 Å². The van der Waals surface area contributed by atoms with Gasteiger partial charge in [0, 0.05) is 33.2 Å². The highest BCUT2D eigenvalue weighted by Crippen LogP contribution is 2.30. The summed E-state index contributed by atoms with van der Waals surface area (Å²) in [6.45, 7) is 4.24. The quantitative estimate of drug-likeness (QED) is 0.526. The molecular weight excluding hydrogens is 416 g/mol. The molecule has 3 aromatic rings. The molecule has 170 valence electrons. The van der Waals surface area contributed by atoms with Crippen LogP contribution in [0.25, 0.3) is 16.9 Å². The van der Waals surface area contributed by atoms with Crippen LogP contribution < -0.4 is 26.2 Å². The number of hydrogen-bond donors (Lipinski definition) is 1. The van der Waals surface area contributed by atoms with Crippen LogP contribution in [0.1, 0.15) is 6.92 Å². The summed E-state index contributed by atoms with van der Waals surface area (Å²) in [5.74, 6) is 0.428. The predicted molar refractivity (Wildman–Crippen MR) is 119 cm³/mol. The molecule has 1 aromatic carbocycles. The van der Waals surface area contributed by atoms with Crippen molar-refractivity contribution >= 4 is 23.1 Å². The number of esters is 1. The van der Waals surface area contributed by atoms with Crippen LogP contribution in [0.4, 0.5) is 5.95 Å². The minimum atomic E-state index is -0.656. The van der Waals surface area contributed by atoms with Crippen molar-refractivity contribution in [1.82, 2.24) is 24.0 Å². The number of nitrogens with zero attached hydrogens (tertiary/aromatic N) is 5. The average Bonchev–Trinajstić information content (AvgIpc) is 3.22. The number of hydrogen-bond acceptors (Lipinski definition) is 8. The molecule has 4 rings (SSSR count). The van der Waals surface area contributed by atoms with Gasteiger partial charge in [0.1, 0.15) is 12.3 Å². The lowest BCUT2D eigenvalue weighted by atomic mass is 10.2. The molecule has 1 fully saturated rings. The zero-order chi connectivity index (χ0) is 22.8. The topological polar surface area (TPSA) is 113 Å². The summed E-state index contributed by atoms with van der Waals surface area (Å²) in [5.41, 5.74) is -0.207. The molecule has 11 heteroatoms. The van der Waals surface area contributed by atoms with Crippen molar-refractivity contribution in [1.29, 1.82) is 0 Å². The zero-order valence-electron chi connectivity index (χ0n) is 18.3. The molecule has 11 nitrogen and oxygen atoms in total. The average molecular weight is 442 g/mol. The first-order valence-corrected chi connectivity index (χ1v) is 10.4. The number of anilines is 1. The highest BCUT2D eigenvalue weighted by molar-refractivity contribution is 5.79. The standard InChI is InChI=1S/C21H26N6O5/c1-4-32-16(28)13-26-19(29)17-18(24(2)21(26)30)23-20(25-11-9-22-10-12-25)27(17)14-7-5-6-8-15(14)31-3/h5-8,22H,4,9-13H2,1-3H3. The van der Waals surface area contributed by atoms with Crippen LogP contribution in [-0.4, -0.2) is 64.6 Å². The minimum absolute atomic E-state index is 0.155. The number of imidazole rings is 1. The van der Waals surface area contributed by atoms with Gasteiger partial charge in [-0.1, -0.05) is 12.1 Å². The molecule has 1 aliphatic rings. The van der Waals surface area contributed by atoms with Gasteiger partial charge < -0.3 is 19.7 Å². The highest BCUT2D eigenvalue weighted by atomic mass is 16.5. The van der Waals surface area contributed by atoms with Crippen molar-refractivity contribution in [3.63, 3.8) is 0 Å². The Morgan fingerprint density at radius 1 is 1.19 bits per heavy atom. The summed E-state index contributed by atoms with van der Waals surface area (Å²) in [7, 11) is 3.09. The number of fused-ring (bicyclic) bond motifs is 1. The second-order valence-corrected chi connectivity index (χ2v) is 7.37. The second kappa shape index (κ2) is 8.87. The molecule has 0 bridgehead atoms. The van der Waals surface area contributed by atoms with E-state index in [1.807, 2.05) is 18.2 Å². The number of aryl methyl sites for hydroxylation is 1. The van der Waals surface area contributed by atoms with Gasteiger partial charge in [-0.05, 0) is 19.1 Å². The van der Waals surface area contributed by atoms with Gasteiger partial charge in [0.2, 0.25) is 5.95 Å². The third kappa shape index (κ3) is 3.64. The van der Waals surface area contributed by atoms with Crippen LogP contribution in [0, 0.1) is 0 Å². The van der Waals surface area contributed by atoms with Gasteiger partial charge in [-0.15, -0.1) is 0 Å². The van der Waals surface area contributed by atoms with Crippen LogP contribution in [-0.2, 0) is 23.1 Å². The van der Waals surface area contributed by atoms with Crippen molar-refractivity contribution in [3.05, 3.63) is 45.1 Å². The van der Waals surface area contributed by atoms with Gasteiger partial charge in [0.15, 0.2) is 11.2 Å². The molecule has 0 radical (unpaired) electrons. The van der Waals surface area contributed by atoms with Crippen LogP contribution >= 0.6 is 0 Å². The Bertz CT molecular complexity index is 1270. The molecule has 0 spiro atoms. The summed E-state index contributed by atoms with van der Waals surface area (Å²) in [4.78, 5) is 45.3. The maximum Gasteiger partial charge on any atom is 0.333 e. The molecule has 3 heterocycles. The maximum absolute atomic E-state index is 13.5. The van der Waals surface area contributed by atoms with Crippen LogP contribution in [0.3, 0.4) is 0 Å². The Morgan fingerprint density at radius 2 is 1.91 bits per heavy atom. The van der Waals surface area contributed by atoms with Crippen LogP contribution in [0.2, 0.25) is 0 Å². The monoisotopic (exact) mass is 442 g/mol. The van der Waals surface area contributed by atoms with Gasteiger partial charge in [-0.3, -0.25) is 18.7 Å². The molecule has 1 aliphatic heterocycles. The van der Waals surface area contributed by atoms with E-state index in [1.54, 1.807) is 24.7 Å². The van der Waals surface area contributed by atoms with E-state index >= 15 is 0 Å². The highest BCUT2D eigenvalue weighted by Gasteiger charge is 2.27. The van der Waals surface area contributed by atoms with Crippen LogP contribution in [0.5, 0.6) is 5.75 Å². The Hall–Kier alpha value is -3.60.